The smallest absolute Gasteiger partial charge is 0.267 e. The zero-order valence-corrected chi connectivity index (χ0v) is 8.11. The third-order valence-corrected chi connectivity index (χ3v) is 2.27. The summed E-state index contributed by atoms with van der Waals surface area (Å²) in [6.45, 7) is -0.0934. The van der Waals surface area contributed by atoms with Gasteiger partial charge >= 0.3 is 0 Å². The summed E-state index contributed by atoms with van der Waals surface area (Å²) in [5.41, 5.74) is 4.71. The molecule has 2 N–H and O–H groups in total. The first-order valence-electron chi connectivity index (χ1n) is 3.53. The third-order valence-electron chi connectivity index (χ3n) is 1.66. The maximum Gasteiger partial charge on any atom is 0.267 e. The van der Waals surface area contributed by atoms with Crippen LogP contribution in [0.25, 0.3) is 0 Å². The molecule has 0 bridgehead atoms. The highest BCUT2D eigenvalue weighted by Gasteiger charge is 2.19. The van der Waals surface area contributed by atoms with Crippen LogP contribution in [0.2, 0.25) is 0 Å². The molecule has 0 aliphatic rings. The summed E-state index contributed by atoms with van der Waals surface area (Å²) in [6.07, 6.45) is -2.84. The first-order chi connectivity index (χ1) is 6.07. The average molecular weight is 254 g/mol. The quantitative estimate of drug-likeness (QED) is 0.862. The lowest BCUT2D eigenvalue weighted by atomic mass is 10.1. The standard InChI is InChI=1S/C8H7BrF3N/c9-5-2-1-4(3-13)6(7(5)10)8(11)12/h1-2,8H,3,13H2. The van der Waals surface area contributed by atoms with Gasteiger partial charge in [-0.25, -0.2) is 13.2 Å². The molecule has 0 saturated heterocycles. The van der Waals surface area contributed by atoms with Gasteiger partial charge in [-0.1, -0.05) is 6.07 Å². The van der Waals surface area contributed by atoms with Gasteiger partial charge in [-0.2, -0.15) is 0 Å². The fourth-order valence-corrected chi connectivity index (χ4v) is 1.37. The van der Waals surface area contributed by atoms with Crippen molar-refractivity contribution in [2.24, 2.45) is 5.73 Å². The highest BCUT2D eigenvalue weighted by Crippen LogP contribution is 2.30. The van der Waals surface area contributed by atoms with Crippen molar-refractivity contribution in [3.8, 4) is 0 Å². The Labute approximate surface area is 81.9 Å². The summed E-state index contributed by atoms with van der Waals surface area (Å²) in [7, 11) is 0. The van der Waals surface area contributed by atoms with E-state index in [4.69, 9.17) is 5.73 Å². The van der Waals surface area contributed by atoms with Gasteiger partial charge in [-0.15, -0.1) is 0 Å². The zero-order chi connectivity index (χ0) is 10.0. The average Bonchev–Trinajstić information content (AvgIpc) is 2.08. The molecule has 0 atom stereocenters. The predicted octanol–water partition coefficient (Wildman–Crippen LogP) is 2.98. The lowest BCUT2D eigenvalue weighted by molar-refractivity contribution is 0.145. The Bertz CT molecular complexity index is 315. The van der Waals surface area contributed by atoms with E-state index in [1.807, 2.05) is 0 Å². The Hall–Kier alpha value is -0.550. The van der Waals surface area contributed by atoms with Crippen LogP contribution in [0.15, 0.2) is 16.6 Å². The molecule has 5 heteroatoms. The van der Waals surface area contributed by atoms with Gasteiger partial charge < -0.3 is 5.73 Å². The van der Waals surface area contributed by atoms with Gasteiger partial charge in [0.05, 0.1) is 10.0 Å². The van der Waals surface area contributed by atoms with Crippen LogP contribution < -0.4 is 5.73 Å². The van der Waals surface area contributed by atoms with Crippen molar-refractivity contribution in [3.63, 3.8) is 0 Å². The van der Waals surface area contributed by atoms with Crippen molar-refractivity contribution >= 4 is 15.9 Å². The molecule has 1 rings (SSSR count). The minimum Gasteiger partial charge on any atom is -0.326 e. The van der Waals surface area contributed by atoms with Crippen LogP contribution in [-0.4, -0.2) is 0 Å². The molecule has 0 spiro atoms. The van der Waals surface area contributed by atoms with Crippen LogP contribution in [0.5, 0.6) is 0 Å². The SMILES string of the molecule is NCc1ccc(Br)c(F)c1C(F)F. The Kier molecular flexibility index (Phi) is 3.33. The third kappa shape index (κ3) is 2.03. The molecule has 0 saturated carbocycles. The fraction of sp³-hybridized carbons (Fsp3) is 0.250. The number of hydrogen-bond donors (Lipinski definition) is 1. The topological polar surface area (TPSA) is 26.0 Å². The lowest BCUT2D eigenvalue weighted by Gasteiger charge is -2.08. The minimum atomic E-state index is -2.84. The second-order valence-electron chi connectivity index (χ2n) is 2.44. The molecular weight excluding hydrogens is 247 g/mol. The maximum absolute atomic E-state index is 13.1. The van der Waals surface area contributed by atoms with E-state index in [1.54, 1.807) is 0 Å². The molecule has 0 aliphatic carbocycles. The Morgan fingerprint density at radius 2 is 2.00 bits per heavy atom. The second kappa shape index (κ2) is 4.11. The van der Waals surface area contributed by atoms with Gasteiger partial charge in [0.2, 0.25) is 0 Å². The summed E-state index contributed by atoms with van der Waals surface area (Å²) in [4.78, 5) is 0. The largest absolute Gasteiger partial charge is 0.326 e. The van der Waals surface area contributed by atoms with Crippen LogP contribution in [0, 0.1) is 5.82 Å². The number of alkyl halides is 2. The number of benzene rings is 1. The molecule has 1 aromatic rings. The van der Waals surface area contributed by atoms with Crippen molar-refractivity contribution in [1.82, 2.24) is 0 Å². The monoisotopic (exact) mass is 253 g/mol. The van der Waals surface area contributed by atoms with Crippen molar-refractivity contribution < 1.29 is 13.2 Å². The van der Waals surface area contributed by atoms with Crippen molar-refractivity contribution in [3.05, 3.63) is 33.5 Å². The Morgan fingerprint density at radius 1 is 1.38 bits per heavy atom. The summed E-state index contributed by atoms with van der Waals surface area (Å²) in [6, 6.07) is 2.75. The highest BCUT2D eigenvalue weighted by atomic mass is 79.9. The molecule has 0 aromatic heterocycles. The summed E-state index contributed by atoms with van der Waals surface area (Å²) in [5, 5.41) is 0. The molecule has 13 heavy (non-hydrogen) atoms. The number of hydrogen-bond acceptors (Lipinski definition) is 1. The molecule has 1 aromatic carbocycles. The zero-order valence-electron chi connectivity index (χ0n) is 6.53. The normalized spacial score (nSPS) is 10.9. The molecule has 1 nitrogen and oxygen atoms in total. The molecule has 0 heterocycles. The van der Waals surface area contributed by atoms with Crippen molar-refractivity contribution in [2.45, 2.75) is 13.0 Å². The van der Waals surface area contributed by atoms with Crippen LogP contribution in [0.3, 0.4) is 0 Å². The van der Waals surface area contributed by atoms with Crippen molar-refractivity contribution in [2.75, 3.05) is 0 Å². The Morgan fingerprint density at radius 3 is 2.46 bits per heavy atom. The van der Waals surface area contributed by atoms with Gasteiger partial charge in [0, 0.05) is 6.54 Å². The van der Waals surface area contributed by atoms with Gasteiger partial charge in [0.1, 0.15) is 5.82 Å². The van der Waals surface area contributed by atoms with E-state index >= 15 is 0 Å². The molecule has 0 amide bonds. The molecule has 0 aliphatic heterocycles. The highest BCUT2D eigenvalue weighted by molar-refractivity contribution is 9.10. The van der Waals surface area contributed by atoms with Gasteiger partial charge in [-0.3, -0.25) is 0 Å². The van der Waals surface area contributed by atoms with E-state index in [9.17, 15) is 13.2 Å². The number of halogens is 4. The summed E-state index contributed by atoms with van der Waals surface area (Å²) < 4.78 is 37.8. The van der Waals surface area contributed by atoms with E-state index in [0.29, 0.717) is 0 Å². The van der Waals surface area contributed by atoms with Crippen LogP contribution in [-0.2, 0) is 6.54 Å². The number of nitrogens with two attached hydrogens (primary N) is 1. The molecule has 0 unspecified atom stereocenters. The van der Waals surface area contributed by atoms with E-state index in [1.165, 1.54) is 12.1 Å². The van der Waals surface area contributed by atoms with Gasteiger partial charge in [0.15, 0.2) is 0 Å². The fourth-order valence-electron chi connectivity index (χ4n) is 1.02. The van der Waals surface area contributed by atoms with E-state index in [-0.39, 0.29) is 16.6 Å². The maximum atomic E-state index is 13.1. The Balaban J connectivity index is 3.32. The molecule has 0 radical (unpaired) electrons. The first-order valence-corrected chi connectivity index (χ1v) is 4.32. The van der Waals surface area contributed by atoms with Crippen LogP contribution in [0.4, 0.5) is 13.2 Å². The van der Waals surface area contributed by atoms with E-state index in [0.717, 1.165) is 0 Å². The molecule has 0 fully saturated rings. The van der Waals surface area contributed by atoms with Gasteiger partial charge in [0.25, 0.3) is 6.43 Å². The molecule has 72 valence electrons. The van der Waals surface area contributed by atoms with Crippen molar-refractivity contribution in [1.29, 1.82) is 0 Å². The van der Waals surface area contributed by atoms with Crippen LogP contribution in [0.1, 0.15) is 17.6 Å². The first kappa shape index (κ1) is 10.5. The van der Waals surface area contributed by atoms with Gasteiger partial charge in [-0.05, 0) is 27.6 Å². The minimum absolute atomic E-state index is 0.0278. The number of rotatable bonds is 2. The summed E-state index contributed by atoms with van der Waals surface area (Å²) >= 11 is 2.83. The second-order valence-corrected chi connectivity index (χ2v) is 3.29. The summed E-state index contributed by atoms with van der Waals surface area (Å²) in [5.74, 6) is -0.932. The predicted molar refractivity (Wildman–Crippen MR) is 46.9 cm³/mol. The molecular formula is C8H7BrF3N. The van der Waals surface area contributed by atoms with Crippen LogP contribution >= 0.6 is 15.9 Å². The lowest BCUT2D eigenvalue weighted by Crippen LogP contribution is -2.04. The van der Waals surface area contributed by atoms with E-state index < -0.39 is 17.8 Å². The van der Waals surface area contributed by atoms with E-state index in [2.05, 4.69) is 15.9 Å².